The topological polar surface area (TPSA) is 340 Å². The summed E-state index contributed by atoms with van der Waals surface area (Å²) < 4.78 is 9.14. The van der Waals surface area contributed by atoms with Crippen LogP contribution in [0.1, 0.15) is 105 Å². The highest BCUT2D eigenvalue weighted by atomic mass is 35.5. The second kappa shape index (κ2) is 41.0. The molecule has 0 spiro atoms. The molecule has 0 unspecified atom stereocenters. The molecule has 1 heterocycles. The largest absolute Gasteiger partial charge is 1.00 e. The number of carbonyl (C=O) groups is 7. The SMILES string of the molecule is CCN(CC)c1ccc2c(-c3ccccc3C(=O)N(CC(=O)N(CC(=O)N(CC(=O)N(CC(=O)N(CC(=O)N(CC(N)=O)Cc3cccc(CN)c3)Cc3cccc(CN)c3)Cc3cccc(CN)c3)Cc3cccc(CN)c3)Cc3cccc(CN)c3)Cc3cccc(CN)c3)c3ccc(=[N+](CC)CC)cc-3oc2c1.[Cl-]. The van der Waals surface area contributed by atoms with Crippen molar-refractivity contribution in [2.45, 2.75) is 106 Å². The van der Waals surface area contributed by atoms with Crippen LogP contribution < -0.4 is 67.4 Å². The lowest BCUT2D eigenvalue weighted by Crippen LogP contribution is -3.00. The second-order valence-corrected chi connectivity index (χ2v) is 27.7. The first kappa shape index (κ1) is 84.6. The van der Waals surface area contributed by atoms with Gasteiger partial charge in [-0.25, -0.2) is 4.58 Å². The summed E-state index contributed by atoms with van der Waals surface area (Å²) in [6.45, 7) is 8.70. The van der Waals surface area contributed by atoms with Crippen molar-refractivity contribution in [2.75, 3.05) is 70.3 Å². The van der Waals surface area contributed by atoms with E-state index in [1.807, 2.05) is 133 Å². The maximum Gasteiger partial charge on any atom is 0.255 e. The minimum Gasteiger partial charge on any atom is -1.00 e. The van der Waals surface area contributed by atoms with Crippen molar-refractivity contribution in [3.63, 3.8) is 0 Å². The molecule has 0 aromatic heterocycles. The third-order valence-electron chi connectivity index (χ3n) is 20.0. The number of anilines is 1. The van der Waals surface area contributed by atoms with Crippen molar-refractivity contribution in [1.29, 1.82) is 0 Å². The molecule has 24 heteroatoms. The van der Waals surface area contributed by atoms with Crippen molar-refractivity contribution in [1.82, 2.24) is 34.0 Å². The molecule has 0 saturated carbocycles. The first-order valence-electron chi connectivity index (χ1n) is 37.8. The van der Waals surface area contributed by atoms with Crippen LogP contribution in [0.4, 0.5) is 5.69 Å². The molecule has 1 aliphatic heterocycles. The van der Waals surface area contributed by atoms with Crippen LogP contribution in [-0.2, 0) is 107 Å². The van der Waals surface area contributed by atoms with Gasteiger partial charge in [-0.2, -0.15) is 0 Å². The van der Waals surface area contributed by atoms with Crippen LogP contribution in [0.3, 0.4) is 0 Å². The number of nitrogens with zero attached hydrogens (tertiary/aromatic N) is 8. The molecule has 8 aromatic rings. The van der Waals surface area contributed by atoms with Gasteiger partial charge in [-0.1, -0.05) is 164 Å². The smallest absolute Gasteiger partial charge is 0.255 e. The van der Waals surface area contributed by atoms with Crippen LogP contribution >= 0.6 is 0 Å². The molecule has 10 rings (SSSR count). The Bertz CT molecular complexity index is 4980. The van der Waals surface area contributed by atoms with Gasteiger partial charge in [-0.15, -0.1) is 0 Å². The normalized spacial score (nSPS) is 11.1. The summed E-state index contributed by atoms with van der Waals surface area (Å²) >= 11 is 0. The average Bonchev–Trinajstić information content (AvgIpc) is 0.742. The molecule has 7 amide bonds. The molecule has 0 atom stereocenters. The summed E-state index contributed by atoms with van der Waals surface area (Å²) in [5.74, 6) is -3.80. The number of carbonyl (C=O) groups excluding carboxylic acids is 7. The second-order valence-electron chi connectivity index (χ2n) is 27.7. The number of amides is 7. The van der Waals surface area contributed by atoms with E-state index in [0.29, 0.717) is 55.9 Å². The number of nitrogens with two attached hydrogens (primary N) is 7. The third kappa shape index (κ3) is 22.2. The van der Waals surface area contributed by atoms with Crippen LogP contribution in [0, 0.1) is 0 Å². The lowest BCUT2D eigenvalue weighted by Gasteiger charge is -2.32. The molecule has 8 aromatic carbocycles. The predicted molar refractivity (Wildman–Crippen MR) is 435 cm³/mol. The van der Waals surface area contributed by atoms with E-state index < -0.39 is 80.6 Å². The molecule has 0 fully saturated rings. The number of halogens is 1. The van der Waals surface area contributed by atoms with Crippen molar-refractivity contribution < 1.29 is 50.4 Å². The fourth-order valence-electron chi connectivity index (χ4n) is 14.1. The van der Waals surface area contributed by atoms with Crippen LogP contribution in [0.5, 0.6) is 0 Å². The molecule has 14 N–H and O–H groups in total. The van der Waals surface area contributed by atoms with E-state index in [1.165, 1.54) is 29.4 Å². The number of benzene rings is 9. The summed E-state index contributed by atoms with van der Waals surface area (Å²) in [6.07, 6.45) is 0. The van der Waals surface area contributed by atoms with Crippen LogP contribution in [0.2, 0.25) is 0 Å². The Balaban J connectivity index is 0.0000144. The van der Waals surface area contributed by atoms with Crippen LogP contribution in [0.25, 0.3) is 33.4 Å². The fourth-order valence-corrected chi connectivity index (χ4v) is 14.1. The predicted octanol–water partition coefficient (Wildman–Crippen LogP) is 4.89. The molecule has 112 heavy (non-hydrogen) atoms. The van der Waals surface area contributed by atoms with Gasteiger partial charge in [0.15, 0.2) is 0 Å². The Kier molecular flexibility index (Phi) is 31.0. The Morgan fingerprint density at radius 1 is 0.348 bits per heavy atom. The highest BCUT2D eigenvalue weighted by Gasteiger charge is 2.33. The third-order valence-corrected chi connectivity index (χ3v) is 20.0. The molecule has 0 bridgehead atoms. The van der Waals surface area contributed by atoms with Gasteiger partial charge in [0.2, 0.25) is 40.8 Å². The molecule has 0 saturated heterocycles. The van der Waals surface area contributed by atoms with Gasteiger partial charge in [-0.3, -0.25) is 33.6 Å². The number of fused-ring (bicyclic) bond motifs is 2. The van der Waals surface area contributed by atoms with Gasteiger partial charge < -0.3 is 91.3 Å². The highest BCUT2D eigenvalue weighted by molar-refractivity contribution is 6.10. The van der Waals surface area contributed by atoms with E-state index in [-0.39, 0.29) is 90.9 Å². The Labute approximate surface area is 661 Å². The van der Waals surface area contributed by atoms with Crippen molar-refractivity contribution >= 4 is 58.0 Å². The molecular formula is C88H104ClN15O8. The van der Waals surface area contributed by atoms with E-state index in [4.69, 9.17) is 44.6 Å². The monoisotopic (exact) mass is 1530 g/mol. The quantitative estimate of drug-likeness (QED) is 0.0201. The van der Waals surface area contributed by atoms with Gasteiger partial charge in [0.05, 0.1) is 12.6 Å². The summed E-state index contributed by atoms with van der Waals surface area (Å²) in [4.78, 5) is 117. The van der Waals surface area contributed by atoms with E-state index >= 15 is 24.0 Å². The summed E-state index contributed by atoms with van der Waals surface area (Å²) in [6, 6.07) is 63.6. The Morgan fingerprint density at radius 2 is 0.679 bits per heavy atom. The van der Waals surface area contributed by atoms with E-state index in [2.05, 4.69) is 49.3 Å². The molecule has 2 aliphatic rings. The van der Waals surface area contributed by atoms with Gasteiger partial charge in [0.25, 0.3) is 5.91 Å². The van der Waals surface area contributed by atoms with Gasteiger partial charge >= 0.3 is 0 Å². The fraction of sp³-hybridized carbons (Fsp3) is 0.295. The first-order chi connectivity index (χ1) is 53.8. The number of primary amides is 1. The number of rotatable bonds is 37. The van der Waals surface area contributed by atoms with E-state index in [1.54, 1.807) is 60.7 Å². The Morgan fingerprint density at radius 3 is 1.02 bits per heavy atom. The zero-order chi connectivity index (χ0) is 79.1. The van der Waals surface area contributed by atoms with Gasteiger partial charge in [0.1, 0.15) is 57.2 Å². The highest BCUT2D eigenvalue weighted by Crippen LogP contribution is 2.43. The van der Waals surface area contributed by atoms with Crippen molar-refractivity contribution in [3.05, 3.63) is 284 Å². The zero-order valence-electron chi connectivity index (χ0n) is 64.4. The molecule has 586 valence electrons. The van der Waals surface area contributed by atoms with Gasteiger partial charge in [0, 0.05) is 132 Å². The van der Waals surface area contributed by atoms with E-state index in [9.17, 15) is 9.59 Å². The number of hydrogen-bond acceptors (Lipinski definition) is 15. The molecular weight excluding hydrogens is 1430 g/mol. The van der Waals surface area contributed by atoms with Gasteiger partial charge in [-0.05, 0) is 124 Å². The standard InChI is InChI=1S/C88H103N15O8.ClH/c1-5-96(6-2)73-31-33-77-79(41-73)111-80-42-74(97(7-3)8-4)32-34-78(80)87(77)75-29-9-10-30-76(75)88(110)103(54-72-28-16-22-66(40-72)48-94)60-86(109)102(53-71-27-15-21-65(39-71)47-93)59-85(108)101(52-70-26-14-20-64(38-70)46-92)58-84(107)100(51-69-25-13-19-63(37-69)45-91)57-83(106)99(50-68-24-12-18-62(36-68)44-90)56-82(105)98(55-81(95)104)49-67-23-11-17-61(35-67)43-89;/h9-42H,5-8,43-60,89-94H2,1-4H3,(H-,95,104);1H. The van der Waals surface area contributed by atoms with Crippen LogP contribution in [-0.4, -0.2) is 136 Å². The lowest BCUT2D eigenvalue weighted by molar-refractivity contribution is -0.148. The summed E-state index contributed by atoms with van der Waals surface area (Å²) in [5, 5.41) is 1.75. The lowest BCUT2D eigenvalue weighted by atomic mass is 9.90. The van der Waals surface area contributed by atoms with Crippen LogP contribution in [0.15, 0.2) is 211 Å². The minimum absolute atomic E-state index is 0. The molecule has 0 radical (unpaired) electrons. The minimum atomic E-state index is -0.775. The zero-order valence-corrected chi connectivity index (χ0v) is 65.2. The van der Waals surface area contributed by atoms with E-state index in [0.717, 1.165) is 87.1 Å². The number of hydrogen-bond donors (Lipinski definition) is 7. The van der Waals surface area contributed by atoms with Crippen molar-refractivity contribution in [3.8, 4) is 22.5 Å². The molecule has 23 nitrogen and oxygen atoms in total. The first-order valence-corrected chi connectivity index (χ1v) is 37.8. The van der Waals surface area contributed by atoms with Crippen molar-refractivity contribution in [2.24, 2.45) is 40.1 Å². The maximum absolute atomic E-state index is 16.3. The summed E-state index contributed by atoms with van der Waals surface area (Å²) in [7, 11) is 0. The summed E-state index contributed by atoms with van der Waals surface area (Å²) in [5.41, 5.74) is 55.3. The Hall–Kier alpha value is -11.4. The average molecular weight is 1540 g/mol. The molecule has 1 aliphatic carbocycles. The maximum atomic E-state index is 16.3.